The summed E-state index contributed by atoms with van der Waals surface area (Å²) < 4.78 is 2.38. The van der Waals surface area contributed by atoms with E-state index >= 15 is 0 Å². The lowest BCUT2D eigenvalue weighted by Gasteiger charge is -2.11. The van der Waals surface area contributed by atoms with E-state index in [0.29, 0.717) is 4.53 Å². The van der Waals surface area contributed by atoms with Gasteiger partial charge in [0.05, 0.1) is 15.6 Å². The third kappa shape index (κ3) is 2.83. The molecule has 0 fully saturated rings. The Morgan fingerprint density at radius 3 is 2.60 bits per heavy atom. The van der Waals surface area contributed by atoms with Crippen molar-refractivity contribution >= 4 is 45.2 Å². The van der Waals surface area contributed by atoms with Crippen LogP contribution in [0.25, 0.3) is 28.1 Å². The summed E-state index contributed by atoms with van der Waals surface area (Å²) in [7, 11) is 4.04. The maximum absolute atomic E-state index is 12.6. The SMILES string of the molecule is CN(C)c1ccc(/C=C\C=c2sc3nc4ccccc4n3c2=O)cc1. The van der Waals surface area contributed by atoms with E-state index in [1.807, 2.05) is 56.6 Å². The van der Waals surface area contributed by atoms with Crippen LogP contribution < -0.4 is 15.0 Å². The Hall–Kier alpha value is -2.92. The van der Waals surface area contributed by atoms with Crippen molar-refractivity contribution in [2.24, 2.45) is 0 Å². The Morgan fingerprint density at radius 1 is 1.08 bits per heavy atom. The number of hydrogen-bond donors (Lipinski definition) is 0. The van der Waals surface area contributed by atoms with Crippen molar-refractivity contribution in [3.05, 3.63) is 75.1 Å². The zero-order chi connectivity index (χ0) is 17.4. The highest BCUT2D eigenvalue weighted by Crippen LogP contribution is 2.16. The Balaban J connectivity index is 1.69. The quantitative estimate of drug-likeness (QED) is 0.571. The Kier molecular flexibility index (Phi) is 3.86. The second-order valence-corrected chi connectivity index (χ2v) is 7.01. The van der Waals surface area contributed by atoms with E-state index in [1.165, 1.54) is 11.3 Å². The molecule has 0 unspecified atom stereocenters. The van der Waals surface area contributed by atoms with E-state index in [2.05, 4.69) is 34.1 Å². The molecule has 2 aromatic heterocycles. The molecule has 0 radical (unpaired) electrons. The van der Waals surface area contributed by atoms with Crippen LogP contribution in [0.4, 0.5) is 5.69 Å². The van der Waals surface area contributed by atoms with Crippen LogP contribution in [0, 0.1) is 0 Å². The van der Waals surface area contributed by atoms with Crippen LogP contribution in [0.3, 0.4) is 0 Å². The van der Waals surface area contributed by atoms with Gasteiger partial charge in [-0.15, -0.1) is 0 Å². The Bertz CT molecular complexity index is 1180. The molecule has 0 N–H and O–H groups in total. The molecule has 25 heavy (non-hydrogen) atoms. The Labute approximate surface area is 149 Å². The van der Waals surface area contributed by atoms with E-state index in [1.54, 1.807) is 4.40 Å². The van der Waals surface area contributed by atoms with Crippen LogP contribution in [0.1, 0.15) is 5.56 Å². The molecule has 124 valence electrons. The third-order valence-electron chi connectivity index (χ3n) is 4.09. The molecule has 0 saturated heterocycles. The predicted octanol–water partition coefficient (Wildman–Crippen LogP) is 3.19. The number of benzene rings is 2. The topological polar surface area (TPSA) is 37.6 Å². The maximum Gasteiger partial charge on any atom is 0.274 e. The van der Waals surface area contributed by atoms with Gasteiger partial charge in [0.1, 0.15) is 0 Å². The number of thiazole rings is 1. The molecular weight excluding hydrogens is 330 g/mol. The van der Waals surface area contributed by atoms with Crippen molar-refractivity contribution in [1.82, 2.24) is 9.38 Å². The van der Waals surface area contributed by atoms with Gasteiger partial charge in [-0.2, -0.15) is 0 Å². The zero-order valence-electron chi connectivity index (χ0n) is 14.0. The lowest BCUT2D eigenvalue weighted by Crippen LogP contribution is -2.22. The molecule has 0 aliphatic heterocycles. The van der Waals surface area contributed by atoms with Gasteiger partial charge in [0.2, 0.25) is 0 Å². The minimum Gasteiger partial charge on any atom is -0.378 e. The fourth-order valence-electron chi connectivity index (χ4n) is 2.76. The number of allylic oxidation sites excluding steroid dienone is 1. The van der Waals surface area contributed by atoms with E-state index in [9.17, 15) is 4.79 Å². The number of imidazole rings is 1. The van der Waals surface area contributed by atoms with Crippen LogP contribution in [-0.4, -0.2) is 23.5 Å². The second-order valence-electron chi connectivity index (χ2n) is 6.00. The highest BCUT2D eigenvalue weighted by atomic mass is 32.1. The average molecular weight is 347 g/mol. The van der Waals surface area contributed by atoms with Gasteiger partial charge in [-0.25, -0.2) is 9.38 Å². The first-order valence-electron chi connectivity index (χ1n) is 7.99. The highest BCUT2D eigenvalue weighted by Gasteiger charge is 2.09. The smallest absolute Gasteiger partial charge is 0.274 e. The summed E-state index contributed by atoms with van der Waals surface area (Å²) >= 11 is 1.42. The molecule has 4 nitrogen and oxygen atoms in total. The van der Waals surface area contributed by atoms with Crippen LogP contribution in [0.2, 0.25) is 0 Å². The van der Waals surface area contributed by atoms with E-state index < -0.39 is 0 Å². The fourth-order valence-corrected chi connectivity index (χ4v) is 3.69. The van der Waals surface area contributed by atoms with Crippen molar-refractivity contribution in [3.63, 3.8) is 0 Å². The molecule has 0 atom stereocenters. The number of nitrogens with zero attached hydrogens (tertiary/aromatic N) is 3. The predicted molar refractivity (Wildman–Crippen MR) is 106 cm³/mol. The molecule has 0 bridgehead atoms. The molecule has 0 amide bonds. The van der Waals surface area contributed by atoms with Gasteiger partial charge < -0.3 is 4.90 Å². The monoisotopic (exact) mass is 347 g/mol. The second kappa shape index (κ2) is 6.18. The zero-order valence-corrected chi connectivity index (χ0v) is 14.8. The van der Waals surface area contributed by atoms with Gasteiger partial charge in [-0.1, -0.05) is 47.8 Å². The van der Waals surface area contributed by atoms with Gasteiger partial charge in [0.25, 0.3) is 5.56 Å². The van der Waals surface area contributed by atoms with E-state index in [4.69, 9.17) is 0 Å². The summed E-state index contributed by atoms with van der Waals surface area (Å²) in [5.74, 6) is 0. The highest BCUT2D eigenvalue weighted by molar-refractivity contribution is 7.15. The summed E-state index contributed by atoms with van der Waals surface area (Å²) in [6.07, 6.45) is 5.77. The lowest BCUT2D eigenvalue weighted by atomic mass is 10.2. The molecule has 4 aromatic rings. The normalized spacial score (nSPS) is 12.6. The third-order valence-corrected chi connectivity index (χ3v) is 5.08. The molecule has 2 aromatic carbocycles. The number of rotatable bonds is 3. The first-order valence-corrected chi connectivity index (χ1v) is 8.81. The molecule has 2 heterocycles. The summed E-state index contributed by atoms with van der Waals surface area (Å²) in [5, 5.41) is 0. The van der Waals surface area contributed by atoms with Crippen LogP contribution in [0.15, 0.2) is 59.4 Å². The van der Waals surface area contributed by atoms with Gasteiger partial charge in [0, 0.05) is 19.8 Å². The van der Waals surface area contributed by atoms with Gasteiger partial charge in [-0.05, 0) is 35.9 Å². The minimum absolute atomic E-state index is 0.0127. The number of fused-ring (bicyclic) bond motifs is 3. The largest absolute Gasteiger partial charge is 0.378 e. The first kappa shape index (κ1) is 15.6. The van der Waals surface area contributed by atoms with Gasteiger partial charge in [-0.3, -0.25) is 4.79 Å². The molecular formula is C20H17N3OS. The van der Waals surface area contributed by atoms with Crippen molar-refractivity contribution in [2.75, 3.05) is 19.0 Å². The number of anilines is 1. The van der Waals surface area contributed by atoms with Crippen LogP contribution in [0.5, 0.6) is 0 Å². The summed E-state index contributed by atoms with van der Waals surface area (Å²) in [5.41, 5.74) is 3.97. The maximum atomic E-state index is 12.6. The number of para-hydroxylation sites is 2. The number of aromatic nitrogens is 2. The van der Waals surface area contributed by atoms with Crippen molar-refractivity contribution in [1.29, 1.82) is 0 Å². The average Bonchev–Trinajstić information content (AvgIpc) is 3.12. The first-order chi connectivity index (χ1) is 12.1. The summed E-state index contributed by atoms with van der Waals surface area (Å²) in [6.45, 7) is 0. The van der Waals surface area contributed by atoms with Crippen molar-refractivity contribution in [3.8, 4) is 0 Å². The minimum atomic E-state index is -0.0127. The van der Waals surface area contributed by atoms with Crippen LogP contribution >= 0.6 is 11.3 Å². The standard InChI is InChI=1S/C20H17N3OS/c1-22(2)15-12-10-14(11-13-15)6-5-9-18-19(24)23-17-8-4-3-7-16(17)21-20(23)25-18/h3-13H,1-2H3/b6-5-,18-9?. The fraction of sp³-hybridized carbons (Fsp3) is 0.100. The molecule has 0 spiro atoms. The van der Waals surface area contributed by atoms with E-state index in [-0.39, 0.29) is 5.56 Å². The molecule has 5 heteroatoms. The summed E-state index contributed by atoms with van der Waals surface area (Å²) in [4.78, 5) is 20.0. The number of hydrogen-bond acceptors (Lipinski definition) is 4. The molecule has 0 aliphatic carbocycles. The lowest BCUT2D eigenvalue weighted by molar-refractivity contribution is 1.13. The molecule has 4 rings (SSSR count). The van der Waals surface area contributed by atoms with Crippen molar-refractivity contribution < 1.29 is 0 Å². The van der Waals surface area contributed by atoms with Crippen molar-refractivity contribution in [2.45, 2.75) is 0 Å². The molecule has 0 aliphatic rings. The summed E-state index contributed by atoms with van der Waals surface area (Å²) in [6, 6.07) is 16.0. The van der Waals surface area contributed by atoms with Crippen LogP contribution in [-0.2, 0) is 0 Å². The van der Waals surface area contributed by atoms with Gasteiger partial charge in [0.15, 0.2) is 4.96 Å². The van der Waals surface area contributed by atoms with Gasteiger partial charge >= 0.3 is 0 Å². The Morgan fingerprint density at radius 2 is 1.84 bits per heavy atom. The molecule has 0 saturated carbocycles. The van der Waals surface area contributed by atoms with E-state index in [0.717, 1.165) is 27.2 Å².